The van der Waals surface area contributed by atoms with Gasteiger partial charge in [0.05, 0.1) is 12.7 Å². The van der Waals surface area contributed by atoms with Crippen LogP contribution in [0.4, 0.5) is 74.6 Å². The molecule has 216 valence electrons. The fraction of sp³-hybridized carbons (Fsp3) is 0.667. The lowest BCUT2D eigenvalue weighted by Gasteiger charge is -2.43. The number of hydrogen-bond donors (Lipinski definition) is 1. The van der Waals surface area contributed by atoms with E-state index in [-0.39, 0.29) is 6.61 Å². The Morgan fingerprint density at radius 2 is 1.00 bits per heavy atom. The zero-order valence-electron chi connectivity index (χ0n) is 17.6. The fourth-order valence-electron chi connectivity index (χ4n) is 2.72. The molecule has 1 N–H and O–H groups in total. The molecule has 2 nitrogen and oxygen atoms in total. The van der Waals surface area contributed by atoms with E-state index < -0.39 is 71.5 Å². The monoisotopic (exact) mass is 584 g/mol. The fourth-order valence-corrected chi connectivity index (χ4v) is 2.72. The average Bonchev–Trinajstić information content (AvgIpc) is 2.72. The number of halogens is 17. The molecule has 1 atom stereocenters. The van der Waals surface area contributed by atoms with Gasteiger partial charge in [-0.15, -0.1) is 0 Å². The van der Waals surface area contributed by atoms with E-state index in [1.807, 2.05) is 0 Å². The molecule has 0 radical (unpaired) electrons. The Morgan fingerprint density at radius 3 is 1.41 bits per heavy atom. The summed E-state index contributed by atoms with van der Waals surface area (Å²) in [6, 6.07) is 3.68. The lowest BCUT2D eigenvalue weighted by molar-refractivity contribution is -0.462. The summed E-state index contributed by atoms with van der Waals surface area (Å²) >= 11 is 0. The highest BCUT2D eigenvalue weighted by Crippen LogP contribution is 2.64. The number of para-hydroxylation sites is 1. The van der Waals surface area contributed by atoms with Gasteiger partial charge in [-0.25, -0.2) is 0 Å². The molecule has 0 spiro atoms. The third kappa shape index (κ3) is 4.86. The van der Waals surface area contributed by atoms with Crippen LogP contribution in [-0.4, -0.2) is 59.3 Å². The normalized spacial score (nSPS) is 16.1. The van der Waals surface area contributed by atoms with E-state index in [2.05, 4.69) is 0 Å². The van der Waals surface area contributed by atoms with Gasteiger partial charge in [0.25, 0.3) is 0 Å². The minimum atomic E-state index is -8.69. The number of hydrogen-bond acceptors (Lipinski definition) is 2. The highest BCUT2D eigenvalue weighted by molar-refractivity contribution is 5.35. The summed E-state index contributed by atoms with van der Waals surface area (Å²) in [5.41, 5.74) is -0.850. The van der Waals surface area contributed by atoms with E-state index in [1.54, 1.807) is 0 Å². The van der Waals surface area contributed by atoms with Crippen molar-refractivity contribution < 1.29 is 84.5 Å². The minimum Gasteiger partial charge on any atom is -0.493 e. The summed E-state index contributed by atoms with van der Waals surface area (Å²) in [6.45, 7) is 1.03. The van der Waals surface area contributed by atoms with Gasteiger partial charge in [0.15, 0.2) is 0 Å². The zero-order chi connectivity index (χ0) is 29.7. The first-order valence-corrected chi connectivity index (χ1v) is 9.30. The molecule has 19 heteroatoms. The second-order valence-corrected chi connectivity index (χ2v) is 7.34. The second kappa shape index (κ2) is 9.52. The number of aliphatic hydroxyl groups excluding tert-OH is 1. The topological polar surface area (TPSA) is 29.5 Å². The van der Waals surface area contributed by atoms with Crippen LogP contribution in [0.5, 0.6) is 5.75 Å². The van der Waals surface area contributed by atoms with E-state index in [0.29, 0.717) is 6.07 Å². The summed E-state index contributed by atoms with van der Waals surface area (Å²) in [7, 11) is 0. The van der Waals surface area contributed by atoms with Crippen molar-refractivity contribution in [2.24, 2.45) is 0 Å². The van der Waals surface area contributed by atoms with E-state index in [0.717, 1.165) is 18.2 Å². The Bertz CT molecular complexity index is 938. The van der Waals surface area contributed by atoms with Crippen molar-refractivity contribution >= 4 is 0 Å². The number of ether oxygens (including phenoxy) is 1. The van der Waals surface area contributed by atoms with Crippen LogP contribution in [0, 0.1) is 0 Å². The molecule has 1 aromatic carbocycles. The maximum absolute atomic E-state index is 14.1. The van der Waals surface area contributed by atoms with Crippen LogP contribution >= 0.6 is 0 Å². The predicted molar refractivity (Wildman–Crippen MR) is 87.9 cm³/mol. The molecular formula is C18H13F17O2. The molecule has 1 unspecified atom stereocenters. The summed E-state index contributed by atoms with van der Waals surface area (Å²) < 4.78 is 231. The van der Waals surface area contributed by atoms with Crippen molar-refractivity contribution in [2.75, 3.05) is 6.61 Å². The Hall–Kier alpha value is -2.21. The number of benzene rings is 1. The quantitative estimate of drug-likeness (QED) is 0.273. The van der Waals surface area contributed by atoms with Crippen molar-refractivity contribution in [3.05, 3.63) is 29.8 Å². The maximum Gasteiger partial charge on any atom is 0.460 e. The van der Waals surface area contributed by atoms with E-state index in [9.17, 15) is 79.7 Å². The number of aliphatic hydroxyl groups is 1. The lowest BCUT2D eigenvalue weighted by atomic mass is 9.87. The van der Waals surface area contributed by atoms with Gasteiger partial charge in [-0.3, -0.25) is 0 Å². The Kier molecular flexibility index (Phi) is 8.44. The lowest BCUT2D eigenvalue weighted by Crippen LogP contribution is -2.74. The van der Waals surface area contributed by atoms with Gasteiger partial charge in [0.1, 0.15) is 5.75 Å². The van der Waals surface area contributed by atoms with E-state index in [1.165, 1.54) is 6.92 Å². The minimum absolute atomic E-state index is 0.258. The molecule has 0 aliphatic heterocycles. The van der Waals surface area contributed by atoms with Crippen LogP contribution in [0.15, 0.2) is 24.3 Å². The Labute approximate surface area is 195 Å². The van der Waals surface area contributed by atoms with Crippen molar-refractivity contribution in [1.29, 1.82) is 0 Å². The Balaban J connectivity index is 3.55. The molecule has 0 amide bonds. The molecule has 0 aliphatic carbocycles. The highest BCUT2D eigenvalue weighted by atomic mass is 19.4. The van der Waals surface area contributed by atoms with Crippen molar-refractivity contribution in [1.82, 2.24) is 0 Å². The Morgan fingerprint density at radius 1 is 0.622 bits per heavy atom. The van der Waals surface area contributed by atoms with Crippen molar-refractivity contribution in [3.8, 4) is 5.75 Å². The summed E-state index contributed by atoms with van der Waals surface area (Å²) in [4.78, 5) is 0. The summed E-state index contributed by atoms with van der Waals surface area (Å²) in [5.74, 6) is -57.6. The maximum atomic E-state index is 14.1. The van der Waals surface area contributed by atoms with Crippen LogP contribution in [-0.2, 0) is 0 Å². The van der Waals surface area contributed by atoms with Crippen LogP contribution in [0.2, 0.25) is 0 Å². The summed E-state index contributed by atoms with van der Waals surface area (Å²) in [6.07, 6.45) is -13.8. The first-order valence-electron chi connectivity index (χ1n) is 9.30. The smallest absolute Gasteiger partial charge is 0.460 e. The van der Waals surface area contributed by atoms with Gasteiger partial charge in [-0.1, -0.05) is 18.2 Å². The molecule has 0 saturated carbocycles. The van der Waals surface area contributed by atoms with Gasteiger partial charge in [-0.05, 0) is 13.0 Å². The molecule has 1 rings (SSSR count). The molecule has 37 heavy (non-hydrogen) atoms. The van der Waals surface area contributed by atoms with E-state index >= 15 is 0 Å². The first kappa shape index (κ1) is 32.8. The van der Waals surface area contributed by atoms with Gasteiger partial charge in [0, 0.05) is 12.0 Å². The van der Waals surface area contributed by atoms with Crippen LogP contribution in [0.3, 0.4) is 0 Å². The van der Waals surface area contributed by atoms with Crippen LogP contribution < -0.4 is 4.74 Å². The second-order valence-electron chi connectivity index (χ2n) is 7.34. The molecule has 0 saturated heterocycles. The molecular weight excluding hydrogens is 571 g/mol. The highest BCUT2D eigenvalue weighted by Gasteiger charge is 2.95. The van der Waals surface area contributed by atoms with Crippen molar-refractivity contribution in [3.63, 3.8) is 0 Å². The number of rotatable bonds is 11. The standard InChI is InChI=1S/C18H13F17O2/c1-2-37-10-6-4-3-5-8(10)9(36)7-11(19,20)12(21,22)13(23,24)14(25,26)15(27,28)16(29,30)17(31,32)18(33,34)35/h3-6,9,36H,2,7H2,1H3. The molecule has 0 aromatic heterocycles. The molecule has 0 bridgehead atoms. The third-order valence-corrected chi connectivity index (χ3v) is 4.81. The van der Waals surface area contributed by atoms with Gasteiger partial charge in [0.2, 0.25) is 0 Å². The van der Waals surface area contributed by atoms with Gasteiger partial charge < -0.3 is 9.84 Å². The van der Waals surface area contributed by atoms with Crippen molar-refractivity contribution in [2.45, 2.75) is 67.1 Å². The van der Waals surface area contributed by atoms with E-state index in [4.69, 9.17) is 4.74 Å². The van der Waals surface area contributed by atoms with Gasteiger partial charge >= 0.3 is 47.6 Å². The average molecular weight is 584 g/mol. The van der Waals surface area contributed by atoms with Crippen LogP contribution in [0.25, 0.3) is 0 Å². The third-order valence-electron chi connectivity index (χ3n) is 4.81. The molecule has 0 heterocycles. The SMILES string of the molecule is CCOc1ccccc1C(O)CC(F)(F)C(F)(F)C(F)(F)C(F)(F)C(F)(F)C(F)(F)C(F)(F)C(F)(F)F. The van der Waals surface area contributed by atoms with Crippen LogP contribution in [0.1, 0.15) is 25.0 Å². The largest absolute Gasteiger partial charge is 0.493 e. The molecule has 0 aliphatic rings. The first-order chi connectivity index (χ1) is 16.2. The predicted octanol–water partition coefficient (Wildman–Crippen LogP) is 7.52. The molecule has 1 aromatic rings. The molecule has 0 fully saturated rings. The zero-order valence-corrected chi connectivity index (χ0v) is 17.6. The summed E-state index contributed by atoms with van der Waals surface area (Å²) in [5, 5.41) is 9.76. The van der Waals surface area contributed by atoms with Gasteiger partial charge in [-0.2, -0.15) is 74.6 Å². The number of alkyl halides is 17.